The maximum atomic E-state index is 4.16. The molecule has 1 heterocycles. The van der Waals surface area contributed by atoms with E-state index in [1.54, 1.807) is 0 Å². The maximum Gasteiger partial charge on any atom is 0.0562 e. The lowest BCUT2D eigenvalue weighted by Gasteiger charge is -2.11. The summed E-state index contributed by atoms with van der Waals surface area (Å²) >= 11 is 0. The molecule has 0 radical (unpaired) electrons. The van der Waals surface area contributed by atoms with Crippen LogP contribution in [-0.4, -0.2) is 22.9 Å². The Kier molecular flexibility index (Phi) is 4.56. The number of nitrogens with zero attached hydrogens (tertiary/aromatic N) is 2. The van der Waals surface area contributed by atoms with Gasteiger partial charge in [-0.25, -0.2) is 0 Å². The molecule has 0 bridgehead atoms. The zero-order valence-corrected chi connectivity index (χ0v) is 10.1. The van der Waals surface area contributed by atoms with Gasteiger partial charge in [0.05, 0.1) is 6.20 Å². The van der Waals surface area contributed by atoms with Gasteiger partial charge in [-0.15, -0.1) is 0 Å². The average molecular weight is 207 g/mol. The van der Waals surface area contributed by atoms with Gasteiger partial charge in [0.2, 0.25) is 0 Å². The van der Waals surface area contributed by atoms with Crippen molar-refractivity contribution < 1.29 is 0 Å². The lowest BCUT2D eigenvalue weighted by molar-refractivity contribution is 0.682. The summed E-state index contributed by atoms with van der Waals surface area (Å²) in [5.74, 6) is 0.573. The molecule has 84 valence electrons. The van der Waals surface area contributed by atoms with Gasteiger partial charge in [-0.05, 0) is 12.5 Å². The van der Waals surface area contributed by atoms with Gasteiger partial charge in [0.25, 0.3) is 0 Å². The number of nitrogens with one attached hydrogen (secondary N) is 1. The summed E-state index contributed by atoms with van der Waals surface area (Å²) < 4.78 is 1.83. The molecule has 3 nitrogen and oxygen atoms in total. The maximum absolute atomic E-state index is 4.16. The molecule has 0 atom stereocenters. The summed E-state index contributed by atoms with van der Waals surface area (Å²) in [4.78, 5) is 0. The molecule has 1 aromatic rings. The first-order chi connectivity index (χ1) is 7.13. The van der Waals surface area contributed by atoms with Crippen LogP contribution in [0.4, 0.5) is 0 Å². The van der Waals surface area contributed by atoms with Gasteiger partial charge in [-0.1, -0.05) is 32.4 Å². The second kappa shape index (κ2) is 5.71. The Morgan fingerprint density at radius 3 is 2.80 bits per heavy atom. The molecule has 0 aromatic carbocycles. The molecular formula is C12H21N3. The van der Waals surface area contributed by atoms with Gasteiger partial charge in [0, 0.05) is 25.4 Å². The third-order valence-corrected chi connectivity index (χ3v) is 2.40. The van der Waals surface area contributed by atoms with Crippen molar-refractivity contribution in [3.8, 4) is 0 Å². The summed E-state index contributed by atoms with van der Waals surface area (Å²) in [6, 6.07) is 0. The van der Waals surface area contributed by atoms with Crippen LogP contribution in [0.15, 0.2) is 18.0 Å². The first-order valence-electron chi connectivity index (χ1n) is 5.53. The first kappa shape index (κ1) is 12.0. The largest absolute Gasteiger partial charge is 0.313 e. The molecule has 1 aromatic heterocycles. The van der Waals surface area contributed by atoms with Crippen LogP contribution in [0.1, 0.15) is 26.3 Å². The van der Waals surface area contributed by atoms with Crippen molar-refractivity contribution in [3.05, 3.63) is 23.5 Å². The van der Waals surface area contributed by atoms with E-state index in [9.17, 15) is 0 Å². The molecule has 1 N–H and O–H groups in total. The highest BCUT2D eigenvalue weighted by Gasteiger charge is 2.03. The van der Waals surface area contributed by atoms with Crippen LogP contribution < -0.4 is 5.32 Å². The fourth-order valence-electron chi connectivity index (χ4n) is 1.42. The molecule has 0 aliphatic heterocycles. The highest BCUT2D eigenvalue weighted by molar-refractivity contribution is 5.51. The predicted molar refractivity (Wildman–Crippen MR) is 64.6 cm³/mol. The summed E-state index contributed by atoms with van der Waals surface area (Å²) in [6.45, 7) is 8.54. The van der Waals surface area contributed by atoms with Crippen LogP contribution in [0.5, 0.6) is 0 Å². The Morgan fingerprint density at radius 1 is 1.60 bits per heavy atom. The minimum absolute atomic E-state index is 0.573. The van der Waals surface area contributed by atoms with Gasteiger partial charge >= 0.3 is 0 Å². The van der Waals surface area contributed by atoms with Crippen molar-refractivity contribution in [3.63, 3.8) is 0 Å². The molecule has 0 fully saturated rings. The molecule has 0 aliphatic carbocycles. The topological polar surface area (TPSA) is 29.9 Å². The lowest BCUT2D eigenvalue weighted by Crippen LogP contribution is -2.18. The number of likely N-dealkylation sites (N-methyl/N-ethyl adjacent to an activating group) is 1. The summed E-state index contributed by atoms with van der Waals surface area (Å²) in [6.07, 6.45) is 6.16. The van der Waals surface area contributed by atoms with Crippen LogP contribution in [0.25, 0.3) is 6.08 Å². The lowest BCUT2D eigenvalue weighted by atomic mass is 10.0. The highest BCUT2D eigenvalue weighted by Crippen LogP contribution is 2.13. The summed E-state index contributed by atoms with van der Waals surface area (Å²) in [7, 11) is 1.94. The van der Waals surface area contributed by atoms with E-state index in [1.807, 2.05) is 24.1 Å². The molecule has 0 aliphatic rings. The second-order valence-corrected chi connectivity index (χ2v) is 4.10. The molecule has 0 spiro atoms. The van der Waals surface area contributed by atoms with E-state index >= 15 is 0 Å². The van der Waals surface area contributed by atoms with E-state index in [0.717, 1.165) is 13.1 Å². The van der Waals surface area contributed by atoms with Gasteiger partial charge < -0.3 is 5.32 Å². The van der Waals surface area contributed by atoms with Crippen LogP contribution >= 0.6 is 0 Å². The molecule has 0 amide bonds. The minimum Gasteiger partial charge on any atom is -0.313 e. The highest BCUT2D eigenvalue weighted by atomic mass is 15.2. The van der Waals surface area contributed by atoms with E-state index in [4.69, 9.17) is 0 Å². The standard InChI is InChI=1S/C12H21N3/c1-5-13-8-12(10(2)3)6-11-7-14-15(4)9-11/h6-7,9-10,13H,5,8H2,1-4H3. The van der Waals surface area contributed by atoms with Crippen molar-refractivity contribution >= 4 is 6.08 Å². The Morgan fingerprint density at radius 2 is 2.33 bits per heavy atom. The Bertz CT molecular complexity index is 323. The molecule has 0 saturated heterocycles. The zero-order valence-electron chi connectivity index (χ0n) is 10.1. The SMILES string of the molecule is CCNCC(=Cc1cnn(C)c1)C(C)C. The zero-order chi connectivity index (χ0) is 11.3. The summed E-state index contributed by atoms with van der Waals surface area (Å²) in [5, 5.41) is 7.52. The van der Waals surface area contributed by atoms with Gasteiger partial charge in [0.1, 0.15) is 0 Å². The van der Waals surface area contributed by atoms with Crippen molar-refractivity contribution in [2.24, 2.45) is 13.0 Å². The normalized spacial score (nSPS) is 12.5. The fourth-order valence-corrected chi connectivity index (χ4v) is 1.42. The monoisotopic (exact) mass is 207 g/mol. The number of rotatable bonds is 5. The van der Waals surface area contributed by atoms with E-state index in [0.29, 0.717) is 5.92 Å². The fraction of sp³-hybridized carbons (Fsp3) is 0.583. The van der Waals surface area contributed by atoms with Gasteiger partial charge in [0.15, 0.2) is 0 Å². The predicted octanol–water partition coefficient (Wildman–Crippen LogP) is 2.07. The molecule has 0 unspecified atom stereocenters. The van der Waals surface area contributed by atoms with Gasteiger partial charge in [-0.2, -0.15) is 5.10 Å². The Balaban J connectivity index is 2.74. The Labute approximate surface area is 92.2 Å². The van der Waals surface area contributed by atoms with E-state index in [-0.39, 0.29) is 0 Å². The average Bonchev–Trinajstić information content (AvgIpc) is 2.58. The van der Waals surface area contributed by atoms with Gasteiger partial charge in [-0.3, -0.25) is 4.68 Å². The molecule has 3 heteroatoms. The number of hydrogen-bond acceptors (Lipinski definition) is 2. The van der Waals surface area contributed by atoms with Crippen molar-refractivity contribution in [1.29, 1.82) is 0 Å². The number of aromatic nitrogens is 2. The third kappa shape index (κ3) is 3.88. The molecular weight excluding hydrogens is 186 g/mol. The van der Waals surface area contributed by atoms with Crippen molar-refractivity contribution in [2.75, 3.05) is 13.1 Å². The van der Waals surface area contributed by atoms with Crippen LogP contribution in [0, 0.1) is 5.92 Å². The van der Waals surface area contributed by atoms with E-state index < -0.39 is 0 Å². The quantitative estimate of drug-likeness (QED) is 0.801. The van der Waals surface area contributed by atoms with Crippen LogP contribution in [0.3, 0.4) is 0 Å². The van der Waals surface area contributed by atoms with Crippen LogP contribution in [0.2, 0.25) is 0 Å². The van der Waals surface area contributed by atoms with Crippen molar-refractivity contribution in [1.82, 2.24) is 15.1 Å². The smallest absolute Gasteiger partial charge is 0.0562 e. The number of aryl methyl sites for hydroxylation is 1. The van der Waals surface area contributed by atoms with Crippen molar-refractivity contribution in [2.45, 2.75) is 20.8 Å². The third-order valence-electron chi connectivity index (χ3n) is 2.40. The summed E-state index contributed by atoms with van der Waals surface area (Å²) in [5.41, 5.74) is 2.60. The van der Waals surface area contributed by atoms with Crippen LogP contribution in [-0.2, 0) is 7.05 Å². The van der Waals surface area contributed by atoms with E-state index in [2.05, 4.69) is 37.3 Å². The Hall–Kier alpha value is -1.09. The number of hydrogen-bond donors (Lipinski definition) is 1. The first-order valence-corrected chi connectivity index (χ1v) is 5.53. The van der Waals surface area contributed by atoms with E-state index in [1.165, 1.54) is 11.1 Å². The molecule has 15 heavy (non-hydrogen) atoms. The minimum atomic E-state index is 0.573. The molecule has 0 saturated carbocycles. The molecule has 1 rings (SSSR count). The second-order valence-electron chi connectivity index (χ2n) is 4.10.